The molecule has 0 radical (unpaired) electrons. The Labute approximate surface area is 216 Å². The highest BCUT2D eigenvalue weighted by atomic mass is 16.3. The molecule has 0 bridgehead atoms. The number of aliphatic hydroxyl groups is 2. The molecule has 1 aromatic carbocycles. The molecule has 196 valence electrons. The highest BCUT2D eigenvalue weighted by Gasteiger charge is 2.50. The van der Waals surface area contributed by atoms with Crippen molar-refractivity contribution in [2.45, 2.75) is 77.9 Å². The normalized spacial score (nSPS) is 25.6. The van der Waals surface area contributed by atoms with Gasteiger partial charge in [-0.3, -0.25) is 4.79 Å². The molecule has 6 heteroatoms. The minimum Gasteiger partial charge on any atom is -0.392 e. The highest BCUT2D eigenvalue weighted by molar-refractivity contribution is 5.80. The molecule has 2 fully saturated rings. The van der Waals surface area contributed by atoms with Crippen LogP contribution in [-0.2, 0) is 11.4 Å². The van der Waals surface area contributed by atoms with E-state index < -0.39 is 11.0 Å². The molecular weight excluding hydrogens is 450 g/mol. The van der Waals surface area contributed by atoms with Gasteiger partial charge in [-0.15, -0.1) is 0 Å². The van der Waals surface area contributed by atoms with Crippen LogP contribution in [0.5, 0.6) is 0 Å². The van der Waals surface area contributed by atoms with Gasteiger partial charge in [0.2, 0.25) is 5.91 Å². The predicted molar refractivity (Wildman–Crippen MR) is 145 cm³/mol. The fraction of sp³-hybridized carbons (Fsp3) is 0.600. The van der Waals surface area contributed by atoms with Gasteiger partial charge in [0.25, 0.3) is 0 Å². The van der Waals surface area contributed by atoms with E-state index in [1.807, 2.05) is 40.1 Å². The van der Waals surface area contributed by atoms with Crippen molar-refractivity contribution in [3.05, 3.63) is 53.7 Å². The number of amides is 1. The third kappa shape index (κ3) is 5.76. The van der Waals surface area contributed by atoms with Crippen molar-refractivity contribution in [2.24, 2.45) is 22.2 Å². The van der Waals surface area contributed by atoms with Crippen LogP contribution in [0.15, 0.2) is 47.6 Å². The fourth-order valence-electron chi connectivity index (χ4n) is 6.03. The van der Waals surface area contributed by atoms with Gasteiger partial charge in [-0.05, 0) is 30.4 Å². The predicted octanol–water partition coefficient (Wildman–Crippen LogP) is 4.97. The lowest BCUT2D eigenvalue weighted by Gasteiger charge is -2.52. The number of rotatable bonds is 7. The third-order valence-corrected chi connectivity index (χ3v) is 8.66. The number of benzene rings is 1. The highest BCUT2D eigenvalue weighted by Crippen LogP contribution is 2.41. The van der Waals surface area contributed by atoms with E-state index in [-0.39, 0.29) is 18.4 Å². The summed E-state index contributed by atoms with van der Waals surface area (Å²) in [6.45, 7) is 11.9. The van der Waals surface area contributed by atoms with E-state index in [0.29, 0.717) is 32.0 Å². The molecule has 2 heterocycles. The van der Waals surface area contributed by atoms with E-state index in [1.165, 1.54) is 32.1 Å². The van der Waals surface area contributed by atoms with Gasteiger partial charge < -0.3 is 20.0 Å². The SMILES string of the molecule is C=C1C=C(c2ccc(CO)cc2)N=CN1CC1(O)CCN(C(=O)[C@H](C)CC2CCCCC2)CC1(C)C. The molecule has 0 aromatic heterocycles. The zero-order valence-corrected chi connectivity index (χ0v) is 22.2. The van der Waals surface area contributed by atoms with E-state index in [1.54, 1.807) is 6.34 Å². The Morgan fingerprint density at radius 2 is 1.89 bits per heavy atom. The summed E-state index contributed by atoms with van der Waals surface area (Å²) in [5.41, 5.74) is 1.95. The van der Waals surface area contributed by atoms with Gasteiger partial charge in [0.05, 0.1) is 30.8 Å². The molecule has 1 amide bonds. The summed E-state index contributed by atoms with van der Waals surface area (Å²) >= 11 is 0. The number of piperidine rings is 1. The van der Waals surface area contributed by atoms with Crippen LogP contribution in [0.3, 0.4) is 0 Å². The molecule has 1 saturated carbocycles. The summed E-state index contributed by atoms with van der Waals surface area (Å²) in [7, 11) is 0. The van der Waals surface area contributed by atoms with Gasteiger partial charge in [-0.25, -0.2) is 4.99 Å². The number of hydrogen-bond acceptors (Lipinski definition) is 5. The Morgan fingerprint density at radius 3 is 2.50 bits per heavy atom. The summed E-state index contributed by atoms with van der Waals surface area (Å²) < 4.78 is 0. The van der Waals surface area contributed by atoms with E-state index in [2.05, 4.69) is 32.3 Å². The Balaban J connectivity index is 1.36. The maximum atomic E-state index is 13.3. The van der Waals surface area contributed by atoms with Crippen molar-refractivity contribution in [1.82, 2.24) is 9.80 Å². The van der Waals surface area contributed by atoms with E-state index in [9.17, 15) is 15.0 Å². The number of carbonyl (C=O) groups excluding carboxylic acids is 1. The van der Waals surface area contributed by atoms with Crippen LogP contribution in [-0.4, -0.2) is 57.5 Å². The van der Waals surface area contributed by atoms with E-state index in [4.69, 9.17) is 0 Å². The summed E-state index contributed by atoms with van der Waals surface area (Å²) in [5.74, 6) is 0.959. The first kappa shape index (κ1) is 26.6. The lowest BCUT2D eigenvalue weighted by Crippen LogP contribution is -2.62. The Bertz CT molecular complexity index is 1010. The minimum absolute atomic E-state index is 0.0138. The maximum absolute atomic E-state index is 13.3. The van der Waals surface area contributed by atoms with Gasteiger partial charge >= 0.3 is 0 Å². The van der Waals surface area contributed by atoms with Crippen LogP contribution >= 0.6 is 0 Å². The summed E-state index contributed by atoms with van der Waals surface area (Å²) in [5, 5.41) is 21.1. The van der Waals surface area contributed by atoms with Crippen LogP contribution in [0.4, 0.5) is 0 Å². The number of allylic oxidation sites excluding steroid dienone is 1. The second-order valence-corrected chi connectivity index (χ2v) is 11.8. The number of aliphatic hydroxyl groups excluding tert-OH is 1. The van der Waals surface area contributed by atoms with Crippen molar-refractivity contribution >= 4 is 17.9 Å². The monoisotopic (exact) mass is 493 g/mol. The van der Waals surface area contributed by atoms with Crippen LogP contribution in [0.1, 0.15) is 76.8 Å². The maximum Gasteiger partial charge on any atom is 0.225 e. The second-order valence-electron chi connectivity index (χ2n) is 11.8. The van der Waals surface area contributed by atoms with Gasteiger partial charge in [0.1, 0.15) is 0 Å². The number of likely N-dealkylation sites (tertiary alicyclic amines) is 1. The molecule has 2 aliphatic heterocycles. The van der Waals surface area contributed by atoms with Crippen molar-refractivity contribution in [3.63, 3.8) is 0 Å². The average Bonchev–Trinajstić information content (AvgIpc) is 2.87. The molecule has 0 spiro atoms. The first-order valence-electron chi connectivity index (χ1n) is 13.5. The molecule has 6 nitrogen and oxygen atoms in total. The summed E-state index contributed by atoms with van der Waals surface area (Å²) in [4.78, 5) is 21.8. The smallest absolute Gasteiger partial charge is 0.225 e. The first-order valence-corrected chi connectivity index (χ1v) is 13.5. The molecule has 1 saturated heterocycles. The van der Waals surface area contributed by atoms with Crippen LogP contribution in [0.25, 0.3) is 5.70 Å². The van der Waals surface area contributed by atoms with Crippen molar-refractivity contribution in [2.75, 3.05) is 19.6 Å². The third-order valence-electron chi connectivity index (χ3n) is 8.66. The Kier molecular flexibility index (Phi) is 8.06. The van der Waals surface area contributed by atoms with E-state index in [0.717, 1.165) is 28.9 Å². The topological polar surface area (TPSA) is 76.4 Å². The van der Waals surface area contributed by atoms with Crippen molar-refractivity contribution < 1.29 is 15.0 Å². The van der Waals surface area contributed by atoms with Gasteiger partial charge in [-0.1, -0.05) is 83.7 Å². The van der Waals surface area contributed by atoms with Gasteiger partial charge in [0.15, 0.2) is 0 Å². The van der Waals surface area contributed by atoms with Crippen LogP contribution < -0.4 is 0 Å². The van der Waals surface area contributed by atoms with Crippen LogP contribution in [0, 0.1) is 17.3 Å². The molecule has 2 N–H and O–H groups in total. The number of hydrogen-bond donors (Lipinski definition) is 2. The molecular formula is C30H43N3O3. The fourth-order valence-corrected chi connectivity index (χ4v) is 6.03. The summed E-state index contributed by atoms with van der Waals surface area (Å²) in [6.07, 6.45) is 11.6. The molecule has 1 unspecified atom stereocenters. The van der Waals surface area contributed by atoms with Crippen molar-refractivity contribution in [1.29, 1.82) is 0 Å². The second kappa shape index (κ2) is 10.9. The quantitative estimate of drug-likeness (QED) is 0.562. The average molecular weight is 494 g/mol. The Hall–Kier alpha value is -2.44. The number of aliphatic imine (C=N–C) groups is 1. The molecule has 4 rings (SSSR count). The molecule has 36 heavy (non-hydrogen) atoms. The van der Waals surface area contributed by atoms with Gasteiger partial charge in [0, 0.05) is 35.7 Å². The molecule has 2 atom stereocenters. The largest absolute Gasteiger partial charge is 0.392 e. The standard InChI is InChI=1S/C30H43N3O3/c1-22(16-24-8-6-5-7-9-24)28(35)32-15-14-30(36,29(3,4)19-32)20-33-21-31-27(17-23(33)2)26-12-10-25(18-34)11-13-26/h10-13,17,21-22,24,34,36H,2,5-9,14-16,18-20H2,1,3-4H3/t22-,30?/m1/s1. The Morgan fingerprint density at radius 1 is 1.19 bits per heavy atom. The van der Waals surface area contributed by atoms with Crippen LogP contribution in [0.2, 0.25) is 0 Å². The number of nitrogens with zero attached hydrogens (tertiary/aromatic N) is 3. The molecule has 3 aliphatic rings. The zero-order chi connectivity index (χ0) is 25.9. The number of carbonyl (C=O) groups is 1. The van der Waals surface area contributed by atoms with E-state index >= 15 is 0 Å². The lowest BCUT2D eigenvalue weighted by molar-refractivity contribution is -0.155. The summed E-state index contributed by atoms with van der Waals surface area (Å²) in [6, 6.07) is 7.65. The zero-order valence-electron chi connectivity index (χ0n) is 22.2. The molecule has 1 aliphatic carbocycles. The minimum atomic E-state index is -0.973. The number of β-amino-alcohol motifs (C(OH)–C–C–N with tert-alkyl or cyclic N) is 1. The van der Waals surface area contributed by atoms with Crippen molar-refractivity contribution in [3.8, 4) is 0 Å². The van der Waals surface area contributed by atoms with Gasteiger partial charge in [-0.2, -0.15) is 0 Å². The first-order chi connectivity index (χ1) is 17.1. The molecule has 1 aromatic rings. The lowest BCUT2D eigenvalue weighted by atomic mass is 9.69.